The van der Waals surface area contributed by atoms with E-state index in [0.29, 0.717) is 5.92 Å². The van der Waals surface area contributed by atoms with Gasteiger partial charge in [0.2, 0.25) is 0 Å². The summed E-state index contributed by atoms with van der Waals surface area (Å²) in [6.07, 6.45) is 2.09. The molecule has 1 N–H and O–H groups in total. The van der Waals surface area contributed by atoms with E-state index in [-0.39, 0.29) is 0 Å². The van der Waals surface area contributed by atoms with Crippen LogP contribution < -0.4 is 0 Å². The number of aliphatic hydroxyl groups is 1. The van der Waals surface area contributed by atoms with Gasteiger partial charge in [-0.15, -0.1) is 0 Å². The molecule has 0 unspecified atom stereocenters. The predicted octanol–water partition coefficient (Wildman–Crippen LogP) is 2.54. The van der Waals surface area contributed by atoms with Crippen molar-refractivity contribution in [2.75, 3.05) is 13.1 Å². The van der Waals surface area contributed by atoms with Gasteiger partial charge in [0.15, 0.2) is 0 Å². The van der Waals surface area contributed by atoms with E-state index in [1.165, 1.54) is 5.56 Å². The summed E-state index contributed by atoms with van der Waals surface area (Å²) in [5.41, 5.74) is 1.36. The van der Waals surface area contributed by atoms with E-state index >= 15 is 0 Å². The zero-order chi connectivity index (χ0) is 13.9. The Morgan fingerprint density at radius 1 is 1.37 bits per heavy atom. The maximum Gasteiger partial charge on any atom is 0.0991 e. The van der Waals surface area contributed by atoms with Crippen LogP contribution in [0.2, 0.25) is 0 Å². The van der Waals surface area contributed by atoms with Crippen molar-refractivity contribution in [3.63, 3.8) is 0 Å². The molecule has 1 heterocycles. The summed E-state index contributed by atoms with van der Waals surface area (Å²) in [7, 11) is 0. The van der Waals surface area contributed by atoms with Gasteiger partial charge in [-0.3, -0.25) is 4.90 Å². The zero-order valence-corrected chi connectivity index (χ0v) is 11.8. The molecule has 2 rings (SSSR count). The third-order valence-corrected chi connectivity index (χ3v) is 4.05. The Morgan fingerprint density at radius 2 is 2.05 bits per heavy atom. The first-order valence-electron chi connectivity index (χ1n) is 6.93. The predicted molar refractivity (Wildman–Crippen MR) is 75.5 cm³/mol. The molecule has 0 amide bonds. The Labute approximate surface area is 115 Å². The molecule has 0 atom stereocenters. The molecule has 1 aliphatic rings. The van der Waals surface area contributed by atoms with Crippen LogP contribution in [0.4, 0.5) is 0 Å². The molecule has 19 heavy (non-hydrogen) atoms. The zero-order valence-electron chi connectivity index (χ0n) is 11.8. The van der Waals surface area contributed by atoms with Crippen LogP contribution in [-0.4, -0.2) is 28.7 Å². The molecular weight excluding hydrogens is 236 g/mol. The summed E-state index contributed by atoms with van der Waals surface area (Å²) in [5, 5.41) is 18.9. The van der Waals surface area contributed by atoms with Crippen molar-refractivity contribution < 1.29 is 5.11 Å². The van der Waals surface area contributed by atoms with Crippen LogP contribution in [0.15, 0.2) is 24.3 Å². The average molecular weight is 258 g/mol. The lowest BCUT2D eigenvalue weighted by atomic mass is 9.83. The van der Waals surface area contributed by atoms with Crippen LogP contribution >= 0.6 is 0 Å². The van der Waals surface area contributed by atoms with Crippen molar-refractivity contribution in [3.05, 3.63) is 35.4 Å². The Hall–Kier alpha value is -1.37. The van der Waals surface area contributed by atoms with Crippen LogP contribution in [0.25, 0.3) is 0 Å². The number of piperidine rings is 1. The minimum Gasteiger partial charge on any atom is -0.390 e. The molecule has 1 aromatic rings. The smallest absolute Gasteiger partial charge is 0.0991 e. The molecule has 0 spiro atoms. The topological polar surface area (TPSA) is 47.3 Å². The summed E-state index contributed by atoms with van der Waals surface area (Å²) in [4.78, 5) is 2.40. The lowest BCUT2D eigenvalue weighted by Crippen LogP contribution is -2.41. The Kier molecular flexibility index (Phi) is 4.24. The second-order valence-electron chi connectivity index (χ2n) is 6.02. The van der Waals surface area contributed by atoms with Gasteiger partial charge in [-0.1, -0.05) is 12.1 Å². The van der Waals surface area contributed by atoms with Crippen molar-refractivity contribution in [3.8, 4) is 6.07 Å². The quantitative estimate of drug-likeness (QED) is 0.906. The SMILES string of the molecule is CC(C)(O)C1CCN(Cc2cccc(C#N)c2)CC1. The third-order valence-electron chi connectivity index (χ3n) is 4.05. The van der Waals surface area contributed by atoms with Crippen LogP contribution in [0.3, 0.4) is 0 Å². The lowest BCUT2D eigenvalue weighted by molar-refractivity contribution is -0.0136. The molecule has 0 bridgehead atoms. The van der Waals surface area contributed by atoms with Crippen LogP contribution in [0, 0.1) is 17.2 Å². The second kappa shape index (κ2) is 5.73. The molecule has 0 saturated carbocycles. The molecular formula is C16H22N2O. The summed E-state index contributed by atoms with van der Waals surface area (Å²) in [5.74, 6) is 0.397. The first-order chi connectivity index (χ1) is 8.99. The highest BCUT2D eigenvalue weighted by molar-refractivity contribution is 5.32. The van der Waals surface area contributed by atoms with E-state index in [1.807, 2.05) is 32.0 Å². The van der Waals surface area contributed by atoms with Crippen molar-refractivity contribution in [2.45, 2.75) is 38.8 Å². The Morgan fingerprint density at radius 3 is 2.63 bits per heavy atom. The van der Waals surface area contributed by atoms with Crippen LogP contribution in [0.5, 0.6) is 0 Å². The second-order valence-corrected chi connectivity index (χ2v) is 6.02. The van der Waals surface area contributed by atoms with E-state index in [9.17, 15) is 5.11 Å². The van der Waals surface area contributed by atoms with E-state index in [4.69, 9.17) is 5.26 Å². The molecule has 1 fully saturated rings. The third kappa shape index (κ3) is 3.79. The number of nitriles is 1. The van der Waals surface area contributed by atoms with Crippen LogP contribution in [0.1, 0.15) is 37.8 Å². The number of hydrogen-bond donors (Lipinski definition) is 1. The number of rotatable bonds is 3. The first kappa shape index (κ1) is 14.0. The fourth-order valence-electron chi connectivity index (χ4n) is 2.79. The van der Waals surface area contributed by atoms with E-state index in [2.05, 4.69) is 17.0 Å². The molecule has 3 heteroatoms. The Bertz CT molecular complexity index is 462. The molecule has 0 radical (unpaired) electrons. The van der Waals surface area contributed by atoms with Crippen molar-refractivity contribution in [1.29, 1.82) is 5.26 Å². The van der Waals surface area contributed by atoms with E-state index < -0.39 is 5.60 Å². The fraction of sp³-hybridized carbons (Fsp3) is 0.562. The largest absolute Gasteiger partial charge is 0.390 e. The summed E-state index contributed by atoms with van der Waals surface area (Å²) >= 11 is 0. The maximum absolute atomic E-state index is 10.0. The van der Waals surface area contributed by atoms with Gasteiger partial charge in [0.25, 0.3) is 0 Å². The molecule has 3 nitrogen and oxygen atoms in total. The highest BCUT2D eigenvalue weighted by Crippen LogP contribution is 2.28. The molecule has 1 aromatic carbocycles. The first-order valence-corrected chi connectivity index (χ1v) is 6.93. The van der Waals surface area contributed by atoms with Crippen molar-refractivity contribution >= 4 is 0 Å². The van der Waals surface area contributed by atoms with Gasteiger partial charge < -0.3 is 5.11 Å². The van der Waals surface area contributed by atoms with Gasteiger partial charge in [0.1, 0.15) is 0 Å². The number of hydrogen-bond acceptors (Lipinski definition) is 3. The highest BCUT2D eigenvalue weighted by atomic mass is 16.3. The maximum atomic E-state index is 10.0. The van der Waals surface area contributed by atoms with Gasteiger partial charge >= 0.3 is 0 Å². The molecule has 0 aromatic heterocycles. The van der Waals surface area contributed by atoms with Gasteiger partial charge in [-0.2, -0.15) is 5.26 Å². The fourth-order valence-corrected chi connectivity index (χ4v) is 2.79. The van der Waals surface area contributed by atoms with Crippen molar-refractivity contribution in [1.82, 2.24) is 4.90 Å². The monoisotopic (exact) mass is 258 g/mol. The van der Waals surface area contributed by atoms with Crippen LogP contribution in [-0.2, 0) is 6.54 Å². The summed E-state index contributed by atoms with van der Waals surface area (Å²) < 4.78 is 0. The van der Waals surface area contributed by atoms with Gasteiger partial charge in [0, 0.05) is 6.54 Å². The van der Waals surface area contributed by atoms with E-state index in [1.54, 1.807) is 0 Å². The summed E-state index contributed by atoms with van der Waals surface area (Å²) in [6.45, 7) is 6.75. The number of nitrogens with zero attached hydrogens (tertiary/aromatic N) is 2. The standard InChI is InChI=1S/C16H22N2O/c1-16(2,19)15-6-8-18(9-7-15)12-14-5-3-4-13(10-14)11-17/h3-5,10,15,19H,6-9,12H2,1-2H3. The number of likely N-dealkylation sites (tertiary alicyclic amines) is 1. The Balaban J connectivity index is 1.91. The minimum absolute atomic E-state index is 0.397. The highest BCUT2D eigenvalue weighted by Gasteiger charge is 2.30. The number of benzene rings is 1. The van der Waals surface area contributed by atoms with Crippen molar-refractivity contribution in [2.24, 2.45) is 5.92 Å². The van der Waals surface area contributed by atoms with Gasteiger partial charge in [0.05, 0.1) is 17.2 Å². The average Bonchev–Trinajstić information content (AvgIpc) is 2.38. The van der Waals surface area contributed by atoms with E-state index in [0.717, 1.165) is 38.0 Å². The van der Waals surface area contributed by atoms with Gasteiger partial charge in [-0.05, 0) is 63.4 Å². The minimum atomic E-state index is -0.563. The molecule has 102 valence electrons. The molecule has 1 saturated heterocycles. The normalized spacial score (nSPS) is 18.2. The molecule has 0 aliphatic carbocycles. The lowest BCUT2D eigenvalue weighted by Gasteiger charge is -2.37. The van der Waals surface area contributed by atoms with Gasteiger partial charge in [-0.25, -0.2) is 0 Å². The summed E-state index contributed by atoms with van der Waals surface area (Å²) in [6, 6.07) is 9.99. The molecule has 1 aliphatic heterocycles.